The van der Waals surface area contributed by atoms with Crippen LogP contribution in [0.5, 0.6) is 0 Å². The molecule has 15 heteroatoms. The maximum absolute atomic E-state index is 12.3. The van der Waals surface area contributed by atoms with Crippen molar-refractivity contribution in [3.05, 3.63) is 39.3 Å². The first-order valence-corrected chi connectivity index (χ1v) is 14.6. The summed E-state index contributed by atoms with van der Waals surface area (Å²) in [5, 5.41) is 7.80. The zero-order valence-electron chi connectivity index (χ0n) is 16.3. The van der Waals surface area contributed by atoms with E-state index in [1.54, 1.807) is 10.8 Å². The summed E-state index contributed by atoms with van der Waals surface area (Å²) < 4.78 is 13.7. The monoisotopic (exact) mass is 535 g/mol. The fraction of sp³-hybridized carbons (Fsp3) is 0.312. The van der Waals surface area contributed by atoms with Gasteiger partial charge in [0, 0.05) is 39.5 Å². The lowest BCUT2D eigenvalue weighted by molar-refractivity contribution is 0.101. The third-order valence-corrected chi connectivity index (χ3v) is 8.54. The predicted molar refractivity (Wildman–Crippen MR) is 130 cm³/mol. The SMILES string of the molecule is CCNCc1nc(-c2nc(C(=O)SSOSSNCc3nc(C(C)=O)cs3)cs2)co1. The van der Waals surface area contributed by atoms with E-state index in [2.05, 4.69) is 25.0 Å². The van der Waals surface area contributed by atoms with Gasteiger partial charge in [0.15, 0.2) is 5.78 Å². The molecule has 0 aliphatic heterocycles. The molecule has 0 aliphatic carbocycles. The Labute approximate surface area is 202 Å². The number of carbonyl (C=O) groups is 2. The van der Waals surface area contributed by atoms with Gasteiger partial charge in [-0.3, -0.25) is 9.59 Å². The molecule has 9 nitrogen and oxygen atoms in total. The second kappa shape index (κ2) is 13.0. The molecular weight excluding hydrogens is 519 g/mol. The highest BCUT2D eigenvalue weighted by Crippen LogP contribution is 2.35. The van der Waals surface area contributed by atoms with Crippen LogP contribution < -0.4 is 10.0 Å². The third-order valence-electron chi connectivity index (χ3n) is 3.40. The molecule has 0 atom stereocenters. The maximum atomic E-state index is 12.3. The molecule has 31 heavy (non-hydrogen) atoms. The lowest BCUT2D eigenvalue weighted by atomic mass is 10.4. The van der Waals surface area contributed by atoms with E-state index in [0.717, 1.165) is 44.5 Å². The number of hydrogen-bond donors (Lipinski definition) is 2. The average Bonchev–Trinajstić information content (AvgIpc) is 3.51. The lowest BCUT2D eigenvalue weighted by Crippen LogP contribution is -2.11. The topological polar surface area (TPSA) is 119 Å². The molecule has 3 rings (SSSR count). The molecule has 0 radical (unpaired) electrons. The van der Waals surface area contributed by atoms with Crippen molar-refractivity contribution < 1.29 is 17.6 Å². The zero-order chi connectivity index (χ0) is 22.1. The van der Waals surface area contributed by atoms with E-state index in [1.165, 1.54) is 46.8 Å². The highest BCUT2D eigenvalue weighted by molar-refractivity contribution is 8.84. The molecule has 0 aliphatic rings. The highest BCUT2D eigenvalue weighted by atomic mass is 33.2. The van der Waals surface area contributed by atoms with Crippen molar-refractivity contribution in [2.24, 2.45) is 0 Å². The minimum Gasteiger partial charge on any atom is -0.447 e. The number of oxazole rings is 1. The van der Waals surface area contributed by atoms with Crippen LogP contribution in [0.25, 0.3) is 10.7 Å². The van der Waals surface area contributed by atoms with Crippen LogP contribution in [-0.2, 0) is 16.7 Å². The molecule has 0 bridgehead atoms. The summed E-state index contributed by atoms with van der Waals surface area (Å²) in [5.41, 5.74) is 1.43. The lowest BCUT2D eigenvalue weighted by Gasteiger charge is -2.00. The van der Waals surface area contributed by atoms with Crippen LogP contribution in [0, 0.1) is 0 Å². The molecule has 0 aromatic carbocycles. The standard InChI is InChI=1S/C16H17N5O4S6/c1-3-17-4-13-19-10(6-24-13)15-21-12(8-27-15)16(23)28-30-25-31-29-18-5-14-20-11(7-26-14)9(2)22/h6-8,17-18H,3-5H2,1-2H3. The molecule has 0 unspecified atom stereocenters. The predicted octanol–water partition coefficient (Wildman–Crippen LogP) is 5.02. The van der Waals surface area contributed by atoms with E-state index in [9.17, 15) is 9.59 Å². The first kappa shape index (κ1) is 24.7. The number of Topliss-reactive ketones (excluding diaryl/α,β-unsaturated/α-hetero) is 1. The van der Waals surface area contributed by atoms with Crippen molar-refractivity contribution in [2.75, 3.05) is 6.54 Å². The largest absolute Gasteiger partial charge is 0.447 e. The van der Waals surface area contributed by atoms with E-state index in [1.807, 2.05) is 6.92 Å². The molecular formula is C16H17N5O4S6. The Bertz CT molecular complexity index is 1010. The Morgan fingerprint density at radius 1 is 1.13 bits per heavy atom. The molecule has 2 N–H and O–H groups in total. The van der Waals surface area contributed by atoms with E-state index >= 15 is 0 Å². The molecule has 0 saturated carbocycles. The third kappa shape index (κ3) is 7.87. The minimum atomic E-state index is -0.207. The molecule has 3 aromatic heterocycles. The smallest absolute Gasteiger partial charge is 0.251 e. The van der Waals surface area contributed by atoms with Gasteiger partial charge in [-0.1, -0.05) is 6.92 Å². The summed E-state index contributed by atoms with van der Waals surface area (Å²) in [6.07, 6.45) is 1.54. The second-order valence-corrected chi connectivity index (χ2v) is 11.0. The maximum Gasteiger partial charge on any atom is 0.251 e. The van der Waals surface area contributed by atoms with E-state index in [0.29, 0.717) is 41.1 Å². The van der Waals surface area contributed by atoms with Crippen molar-refractivity contribution in [2.45, 2.75) is 26.9 Å². The van der Waals surface area contributed by atoms with Crippen LogP contribution in [0.15, 0.2) is 21.4 Å². The number of nitrogens with one attached hydrogen (secondary N) is 2. The molecule has 166 valence electrons. The number of aromatic nitrogens is 3. The van der Waals surface area contributed by atoms with Crippen molar-refractivity contribution in [1.82, 2.24) is 25.0 Å². The highest BCUT2D eigenvalue weighted by Gasteiger charge is 2.16. The van der Waals surface area contributed by atoms with Gasteiger partial charge in [-0.15, -0.1) is 22.7 Å². The van der Waals surface area contributed by atoms with Gasteiger partial charge in [-0.25, -0.2) is 23.3 Å². The van der Waals surface area contributed by atoms with Crippen LogP contribution in [-0.4, -0.2) is 32.4 Å². The Morgan fingerprint density at radius 2 is 1.97 bits per heavy atom. The molecule has 0 saturated heterocycles. The van der Waals surface area contributed by atoms with E-state index < -0.39 is 0 Å². The number of rotatable bonds is 13. The number of thiazole rings is 2. The first-order chi connectivity index (χ1) is 15.1. The zero-order valence-corrected chi connectivity index (χ0v) is 21.2. The van der Waals surface area contributed by atoms with Crippen molar-refractivity contribution in [3.63, 3.8) is 0 Å². The van der Waals surface area contributed by atoms with Crippen LogP contribution in [0.2, 0.25) is 0 Å². The summed E-state index contributed by atoms with van der Waals surface area (Å²) >= 11 is 4.81. The van der Waals surface area contributed by atoms with Gasteiger partial charge in [0.25, 0.3) is 5.12 Å². The van der Waals surface area contributed by atoms with Crippen molar-refractivity contribution in [1.29, 1.82) is 0 Å². The van der Waals surface area contributed by atoms with Gasteiger partial charge >= 0.3 is 0 Å². The van der Waals surface area contributed by atoms with E-state index in [-0.39, 0.29) is 10.9 Å². The van der Waals surface area contributed by atoms with Crippen LogP contribution in [0.4, 0.5) is 0 Å². The number of ketones is 1. The molecule has 0 fully saturated rings. The first-order valence-electron chi connectivity index (χ1n) is 8.74. The number of carbonyl (C=O) groups excluding carboxylic acids is 2. The Balaban J connectivity index is 1.33. The Morgan fingerprint density at radius 3 is 2.74 bits per heavy atom. The molecule has 3 heterocycles. The van der Waals surface area contributed by atoms with Gasteiger partial charge < -0.3 is 9.73 Å². The summed E-state index contributed by atoms with van der Waals surface area (Å²) in [6.45, 7) is 5.38. The van der Waals surface area contributed by atoms with Crippen molar-refractivity contribution >= 4 is 77.5 Å². The summed E-state index contributed by atoms with van der Waals surface area (Å²) in [4.78, 5) is 36.4. The van der Waals surface area contributed by atoms with Gasteiger partial charge in [0.1, 0.15) is 33.4 Å². The fourth-order valence-electron chi connectivity index (χ4n) is 1.99. The Hall–Kier alpha value is -0.910. The fourth-order valence-corrected chi connectivity index (χ4v) is 6.56. The summed E-state index contributed by atoms with van der Waals surface area (Å²) in [5.74, 6) is 0.531. The average molecular weight is 536 g/mol. The molecule has 0 amide bonds. The normalized spacial score (nSPS) is 11.2. The summed E-state index contributed by atoms with van der Waals surface area (Å²) in [7, 11) is 2.22. The number of nitrogens with zero attached hydrogens (tertiary/aromatic N) is 3. The van der Waals surface area contributed by atoms with Crippen LogP contribution in [0.3, 0.4) is 0 Å². The second-order valence-electron chi connectivity index (χ2n) is 5.61. The van der Waals surface area contributed by atoms with Gasteiger partial charge in [0.2, 0.25) is 5.89 Å². The van der Waals surface area contributed by atoms with Gasteiger partial charge in [-0.2, -0.15) is 0 Å². The molecule has 3 aromatic rings. The van der Waals surface area contributed by atoms with Crippen LogP contribution in [0.1, 0.15) is 45.7 Å². The van der Waals surface area contributed by atoms with Crippen molar-refractivity contribution in [3.8, 4) is 10.7 Å². The molecule has 0 spiro atoms. The Kier molecular flexibility index (Phi) is 10.3. The minimum absolute atomic E-state index is 0.0479. The number of hydrogen-bond acceptors (Lipinski definition) is 15. The quantitative estimate of drug-likeness (QED) is 0.100. The van der Waals surface area contributed by atoms with Gasteiger partial charge in [0.05, 0.1) is 35.2 Å². The summed E-state index contributed by atoms with van der Waals surface area (Å²) in [6, 6.07) is 0. The van der Waals surface area contributed by atoms with Crippen LogP contribution >= 0.6 is 66.6 Å². The van der Waals surface area contributed by atoms with E-state index in [4.69, 9.17) is 8.05 Å². The van der Waals surface area contributed by atoms with Gasteiger partial charge in [-0.05, 0) is 6.54 Å².